The van der Waals surface area contributed by atoms with Crippen molar-refractivity contribution < 1.29 is 9.53 Å². The zero-order valence-corrected chi connectivity index (χ0v) is 12.6. The molecule has 0 saturated heterocycles. The van der Waals surface area contributed by atoms with Gasteiger partial charge in [0, 0.05) is 35.6 Å². The number of hydrogen-bond donors (Lipinski definition) is 2. The van der Waals surface area contributed by atoms with E-state index in [1.807, 2.05) is 25.1 Å². The smallest absolute Gasteiger partial charge is 0.268 e. The molecule has 0 bridgehead atoms. The fraction of sp³-hybridized carbons (Fsp3) is 0.357. The van der Waals surface area contributed by atoms with Crippen molar-refractivity contribution in [3.8, 4) is 0 Å². The number of aromatic amines is 1. The molecule has 1 aromatic carbocycles. The number of halogens is 1. The molecule has 0 fully saturated rings. The Morgan fingerprint density at radius 3 is 3.00 bits per heavy atom. The number of ether oxygens (including phenoxy) is 1. The molecule has 102 valence electrons. The number of aromatic nitrogens is 1. The van der Waals surface area contributed by atoms with Crippen LogP contribution in [0.3, 0.4) is 0 Å². The summed E-state index contributed by atoms with van der Waals surface area (Å²) in [6.07, 6.45) is 0.813. The van der Waals surface area contributed by atoms with Gasteiger partial charge in [-0.2, -0.15) is 0 Å². The third kappa shape index (κ3) is 3.16. The normalized spacial score (nSPS) is 10.9. The molecule has 1 amide bonds. The van der Waals surface area contributed by atoms with Gasteiger partial charge < -0.3 is 15.0 Å². The molecule has 0 aliphatic heterocycles. The zero-order valence-electron chi connectivity index (χ0n) is 11.0. The zero-order chi connectivity index (χ0) is 13.8. The molecule has 0 saturated carbocycles. The summed E-state index contributed by atoms with van der Waals surface area (Å²) >= 11 is 3.44. The topological polar surface area (TPSA) is 54.1 Å². The number of fused-ring (bicyclic) bond motifs is 1. The Morgan fingerprint density at radius 2 is 2.26 bits per heavy atom. The number of rotatable bonds is 5. The third-order valence-electron chi connectivity index (χ3n) is 3.06. The summed E-state index contributed by atoms with van der Waals surface area (Å²) in [7, 11) is 1.65. The monoisotopic (exact) mass is 324 g/mol. The highest BCUT2D eigenvalue weighted by Crippen LogP contribution is 2.25. The molecule has 0 atom stereocenters. The molecule has 0 aliphatic rings. The first kappa shape index (κ1) is 14.1. The van der Waals surface area contributed by atoms with Crippen LogP contribution >= 0.6 is 15.9 Å². The Kier molecular flexibility index (Phi) is 4.61. The van der Waals surface area contributed by atoms with Crippen LogP contribution in [-0.4, -0.2) is 31.2 Å². The highest BCUT2D eigenvalue weighted by atomic mass is 79.9. The van der Waals surface area contributed by atoms with Crippen LogP contribution in [0.15, 0.2) is 22.7 Å². The second kappa shape index (κ2) is 6.21. The molecule has 0 spiro atoms. The maximum atomic E-state index is 12.1. The van der Waals surface area contributed by atoms with Gasteiger partial charge >= 0.3 is 0 Å². The first-order valence-electron chi connectivity index (χ1n) is 6.18. The molecule has 2 aromatic rings. The van der Waals surface area contributed by atoms with Crippen molar-refractivity contribution in [3.63, 3.8) is 0 Å². The fourth-order valence-corrected chi connectivity index (χ4v) is 2.39. The maximum absolute atomic E-state index is 12.1. The van der Waals surface area contributed by atoms with Crippen LogP contribution in [0.25, 0.3) is 10.9 Å². The average Bonchev–Trinajstić information content (AvgIpc) is 2.72. The van der Waals surface area contributed by atoms with E-state index in [4.69, 9.17) is 4.74 Å². The number of methoxy groups -OCH3 is 1. The van der Waals surface area contributed by atoms with E-state index in [0.29, 0.717) is 18.8 Å². The number of nitrogens with one attached hydrogen (secondary N) is 2. The third-order valence-corrected chi connectivity index (χ3v) is 3.55. The first-order valence-corrected chi connectivity index (χ1v) is 6.97. The fourth-order valence-electron chi connectivity index (χ4n) is 2.03. The number of carbonyl (C=O) groups excluding carboxylic acids is 1. The molecular weight excluding hydrogens is 308 g/mol. The van der Waals surface area contributed by atoms with E-state index >= 15 is 0 Å². The van der Waals surface area contributed by atoms with E-state index in [9.17, 15) is 4.79 Å². The largest absolute Gasteiger partial charge is 0.385 e. The summed E-state index contributed by atoms with van der Waals surface area (Å²) in [6.45, 7) is 3.22. The van der Waals surface area contributed by atoms with Crippen molar-refractivity contribution in [1.29, 1.82) is 0 Å². The van der Waals surface area contributed by atoms with E-state index in [1.165, 1.54) is 0 Å². The molecule has 1 aromatic heterocycles. The van der Waals surface area contributed by atoms with Gasteiger partial charge in [-0.3, -0.25) is 4.79 Å². The van der Waals surface area contributed by atoms with Crippen molar-refractivity contribution in [2.24, 2.45) is 0 Å². The van der Waals surface area contributed by atoms with Gasteiger partial charge in [0.05, 0.1) is 0 Å². The summed E-state index contributed by atoms with van der Waals surface area (Å²) in [5, 5.41) is 3.95. The highest BCUT2D eigenvalue weighted by Gasteiger charge is 2.14. The highest BCUT2D eigenvalue weighted by molar-refractivity contribution is 9.10. The second-order valence-electron chi connectivity index (χ2n) is 4.42. The Hall–Kier alpha value is -1.33. The van der Waals surface area contributed by atoms with Gasteiger partial charge in [-0.25, -0.2) is 0 Å². The van der Waals surface area contributed by atoms with E-state index in [1.54, 1.807) is 7.11 Å². The van der Waals surface area contributed by atoms with Crippen LogP contribution in [0.4, 0.5) is 0 Å². The summed E-state index contributed by atoms with van der Waals surface area (Å²) in [6, 6.07) is 5.94. The number of hydrogen-bond acceptors (Lipinski definition) is 2. The molecule has 0 unspecified atom stereocenters. The van der Waals surface area contributed by atoms with E-state index < -0.39 is 0 Å². The van der Waals surface area contributed by atoms with Gasteiger partial charge in [0.2, 0.25) is 0 Å². The first-order chi connectivity index (χ1) is 9.13. The van der Waals surface area contributed by atoms with Crippen LogP contribution in [0.5, 0.6) is 0 Å². The second-order valence-corrected chi connectivity index (χ2v) is 5.33. The predicted molar refractivity (Wildman–Crippen MR) is 79.6 cm³/mol. The predicted octanol–water partition coefficient (Wildman–Crippen LogP) is 3.01. The van der Waals surface area contributed by atoms with Gasteiger partial charge in [0.25, 0.3) is 5.91 Å². The lowest BCUT2D eigenvalue weighted by molar-refractivity contribution is 0.0944. The Balaban J connectivity index is 2.16. The van der Waals surface area contributed by atoms with Crippen molar-refractivity contribution in [3.05, 3.63) is 33.9 Å². The van der Waals surface area contributed by atoms with Crippen molar-refractivity contribution >= 4 is 32.7 Å². The molecule has 0 aliphatic carbocycles. The SMILES string of the molecule is COCCCNC(=O)c1[nH]c2ccc(Br)cc2c1C. The van der Waals surface area contributed by atoms with Gasteiger partial charge in [-0.05, 0) is 37.1 Å². The number of carbonyl (C=O) groups is 1. The molecule has 4 nitrogen and oxygen atoms in total. The van der Waals surface area contributed by atoms with E-state index in [2.05, 4.69) is 26.2 Å². The summed E-state index contributed by atoms with van der Waals surface area (Å²) < 4.78 is 5.96. The maximum Gasteiger partial charge on any atom is 0.268 e. The van der Waals surface area contributed by atoms with Crippen LogP contribution < -0.4 is 5.32 Å². The van der Waals surface area contributed by atoms with Gasteiger partial charge in [-0.15, -0.1) is 0 Å². The minimum atomic E-state index is -0.0686. The van der Waals surface area contributed by atoms with Crippen LogP contribution in [0, 0.1) is 6.92 Å². The van der Waals surface area contributed by atoms with E-state index in [-0.39, 0.29) is 5.91 Å². The number of amides is 1. The molecule has 0 radical (unpaired) electrons. The molecule has 2 rings (SSSR count). The van der Waals surface area contributed by atoms with Gasteiger partial charge in [-0.1, -0.05) is 15.9 Å². The number of aryl methyl sites for hydroxylation is 1. The summed E-state index contributed by atoms with van der Waals surface area (Å²) in [5.74, 6) is -0.0686. The Bertz CT molecular complexity index is 592. The number of benzene rings is 1. The Labute approximate surface area is 120 Å². The van der Waals surface area contributed by atoms with Gasteiger partial charge in [0.15, 0.2) is 0 Å². The molecule has 1 heterocycles. The molecular formula is C14H17BrN2O2. The lowest BCUT2D eigenvalue weighted by atomic mass is 10.1. The van der Waals surface area contributed by atoms with Gasteiger partial charge in [0.1, 0.15) is 5.69 Å². The molecule has 19 heavy (non-hydrogen) atoms. The van der Waals surface area contributed by atoms with Crippen LogP contribution in [0.2, 0.25) is 0 Å². The van der Waals surface area contributed by atoms with Crippen molar-refractivity contribution in [2.75, 3.05) is 20.3 Å². The quantitative estimate of drug-likeness (QED) is 0.831. The summed E-state index contributed by atoms with van der Waals surface area (Å²) in [5.41, 5.74) is 2.58. The molecule has 5 heteroatoms. The lowest BCUT2D eigenvalue weighted by Gasteiger charge is -2.04. The number of H-pyrrole nitrogens is 1. The van der Waals surface area contributed by atoms with Crippen LogP contribution in [0.1, 0.15) is 22.5 Å². The minimum absolute atomic E-state index is 0.0686. The minimum Gasteiger partial charge on any atom is -0.385 e. The van der Waals surface area contributed by atoms with Crippen molar-refractivity contribution in [2.45, 2.75) is 13.3 Å². The standard InChI is InChI=1S/C14H17BrN2O2/c1-9-11-8-10(15)4-5-12(11)17-13(9)14(18)16-6-3-7-19-2/h4-5,8,17H,3,6-7H2,1-2H3,(H,16,18). The average molecular weight is 325 g/mol. The van der Waals surface area contributed by atoms with E-state index in [0.717, 1.165) is 27.4 Å². The summed E-state index contributed by atoms with van der Waals surface area (Å²) in [4.78, 5) is 15.3. The lowest BCUT2D eigenvalue weighted by Crippen LogP contribution is -2.26. The van der Waals surface area contributed by atoms with Crippen molar-refractivity contribution in [1.82, 2.24) is 10.3 Å². The molecule has 2 N–H and O–H groups in total. The Morgan fingerprint density at radius 1 is 1.47 bits per heavy atom. The van der Waals surface area contributed by atoms with Crippen LogP contribution in [-0.2, 0) is 4.74 Å².